The van der Waals surface area contributed by atoms with Gasteiger partial charge in [0.05, 0.1) is 10.9 Å². The molecule has 3 rings (SSSR count). The monoisotopic (exact) mass is 490 g/mol. The Morgan fingerprint density at radius 3 is 2.48 bits per heavy atom. The van der Waals surface area contributed by atoms with Gasteiger partial charge in [-0.25, -0.2) is 9.78 Å². The van der Waals surface area contributed by atoms with Crippen LogP contribution in [0.1, 0.15) is 51.5 Å². The molecule has 2 amide bonds. The summed E-state index contributed by atoms with van der Waals surface area (Å²) in [5, 5.41) is 17.4. The third-order valence-electron chi connectivity index (χ3n) is 5.77. The Hall–Kier alpha value is -2.46. The first-order chi connectivity index (χ1) is 15.7. The number of aliphatic carboxylic acids is 1. The maximum Gasteiger partial charge on any atom is 0.326 e. The predicted molar refractivity (Wildman–Crippen MR) is 130 cm³/mol. The second-order valence-electron chi connectivity index (χ2n) is 8.88. The summed E-state index contributed by atoms with van der Waals surface area (Å²) < 4.78 is 0. The fraction of sp³-hybridized carbons (Fsp3) is 0.522. The van der Waals surface area contributed by atoms with Gasteiger partial charge in [0.2, 0.25) is 11.8 Å². The minimum Gasteiger partial charge on any atom is -0.480 e. The van der Waals surface area contributed by atoms with Crippen molar-refractivity contribution in [2.24, 2.45) is 5.92 Å². The number of aromatic nitrogens is 2. The molecular formula is C23H30N4O4S2. The highest BCUT2D eigenvalue weighted by atomic mass is 32.1. The zero-order valence-corrected chi connectivity index (χ0v) is 20.5. The first kappa shape index (κ1) is 25.2. The molecule has 1 aliphatic carbocycles. The summed E-state index contributed by atoms with van der Waals surface area (Å²) in [7, 11) is 0. The molecule has 3 N–H and O–H groups in total. The minimum absolute atomic E-state index is 0.0821. The van der Waals surface area contributed by atoms with Crippen LogP contribution in [0, 0.1) is 5.92 Å². The van der Waals surface area contributed by atoms with Gasteiger partial charge < -0.3 is 15.7 Å². The van der Waals surface area contributed by atoms with Crippen molar-refractivity contribution >= 4 is 41.7 Å². The van der Waals surface area contributed by atoms with Crippen LogP contribution in [0.15, 0.2) is 29.9 Å². The third-order valence-corrected chi connectivity index (χ3v) is 7.01. The van der Waals surface area contributed by atoms with E-state index in [9.17, 15) is 19.5 Å². The average Bonchev–Trinajstić information content (AvgIpc) is 3.46. The highest BCUT2D eigenvalue weighted by Gasteiger charge is 2.44. The van der Waals surface area contributed by atoms with Gasteiger partial charge >= 0.3 is 5.97 Å². The van der Waals surface area contributed by atoms with Gasteiger partial charge in [-0.15, -0.1) is 11.3 Å². The summed E-state index contributed by atoms with van der Waals surface area (Å²) in [4.78, 5) is 46.4. The molecule has 1 unspecified atom stereocenters. The summed E-state index contributed by atoms with van der Waals surface area (Å²) in [6.45, 7) is 4.01. The molecule has 0 saturated heterocycles. The van der Waals surface area contributed by atoms with E-state index in [2.05, 4.69) is 33.2 Å². The molecule has 178 valence electrons. The molecule has 1 fully saturated rings. The van der Waals surface area contributed by atoms with E-state index >= 15 is 0 Å². The summed E-state index contributed by atoms with van der Waals surface area (Å²) in [6.07, 6.45) is 6.49. The van der Waals surface area contributed by atoms with Crippen LogP contribution in [-0.4, -0.2) is 49.7 Å². The lowest BCUT2D eigenvalue weighted by Crippen LogP contribution is -2.61. The van der Waals surface area contributed by atoms with Gasteiger partial charge in [-0.3, -0.25) is 14.6 Å². The second kappa shape index (κ2) is 11.1. The Labute approximate surface area is 203 Å². The number of nitrogens with one attached hydrogen (secondary N) is 2. The summed E-state index contributed by atoms with van der Waals surface area (Å²) in [5.74, 6) is -1.60. The molecule has 2 heterocycles. The van der Waals surface area contributed by atoms with Gasteiger partial charge in [-0.05, 0) is 36.8 Å². The standard InChI is InChI=1S/C23H30N4O4S2/c1-14(2)11-18(32)19(28)27-23(7-3-4-8-23)22(31)26-17(21(29)30)12-15-5-6-16(25-13-15)20-24-9-10-33-20/h5-6,9-10,13-14,17-18,32H,3-4,7-8,11-12H2,1-2H3,(H,26,31)(H,27,28)(H,29,30)/t17?,18-/m1/s1. The quantitative estimate of drug-likeness (QED) is 0.380. The van der Waals surface area contributed by atoms with E-state index in [1.807, 2.05) is 19.2 Å². The minimum atomic E-state index is -1.14. The Morgan fingerprint density at radius 2 is 1.94 bits per heavy atom. The number of pyridine rings is 1. The molecule has 0 spiro atoms. The van der Waals surface area contributed by atoms with Gasteiger partial charge in [0, 0.05) is 24.2 Å². The molecule has 1 saturated carbocycles. The zero-order chi connectivity index (χ0) is 24.0. The number of carbonyl (C=O) groups is 3. The highest BCUT2D eigenvalue weighted by molar-refractivity contribution is 7.81. The SMILES string of the molecule is CC(C)C[C@@H](S)C(=O)NC1(C(=O)NC(Cc2ccc(-c3nccs3)nc2)C(=O)O)CCCC1. The van der Waals surface area contributed by atoms with Crippen LogP contribution in [0.25, 0.3) is 10.7 Å². The van der Waals surface area contributed by atoms with Gasteiger partial charge in [0.25, 0.3) is 0 Å². The number of carboxylic acids is 1. The molecule has 0 bridgehead atoms. The first-order valence-corrected chi connectivity index (χ1v) is 12.5. The number of carboxylic acid groups (broad SMARTS) is 1. The second-order valence-corrected chi connectivity index (χ2v) is 10.4. The highest BCUT2D eigenvalue weighted by Crippen LogP contribution is 2.31. The van der Waals surface area contributed by atoms with Crippen LogP contribution >= 0.6 is 24.0 Å². The van der Waals surface area contributed by atoms with Crippen LogP contribution in [-0.2, 0) is 20.8 Å². The van der Waals surface area contributed by atoms with E-state index in [0.29, 0.717) is 36.4 Å². The average molecular weight is 491 g/mol. The Bertz CT molecular complexity index is 957. The molecule has 0 radical (unpaired) electrons. The lowest BCUT2D eigenvalue weighted by Gasteiger charge is -2.31. The molecule has 2 aromatic heterocycles. The molecule has 2 aromatic rings. The number of hydrogen-bond acceptors (Lipinski definition) is 7. The number of thiazole rings is 1. The van der Waals surface area contributed by atoms with E-state index in [-0.39, 0.29) is 12.3 Å². The normalized spacial score (nSPS) is 16.8. The predicted octanol–water partition coefficient (Wildman–Crippen LogP) is 3.09. The smallest absolute Gasteiger partial charge is 0.326 e. The zero-order valence-electron chi connectivity index (χ0n) is 18.8. The maximum atomic E-state index is 13.2. The fourth-order valence-corrected chi connectivity index (χ4v) is 5.11. The number of carbonyl (C=O) groups excluding carboxylic acids is 2. The van der Waals surface area contributed by atoms with Crippen molar-refractivity contribution in [3.8, 4) is 10.7 Å². The summed E-state index contributed by atoms with van der Waals surface area (Å²) >= 11 is 5.86. The van der Waals surface area contributed by atoms with Gasteiger partial charge in [0.1, 0.15) is 16.6 Å². The Kier molecular flexibility index (Phi) is 8.47. The summed E-state index contributed by atoms with van der Waals surface area (Å²) in [5.41, 5.74) is 0.287. The van der Waals surface area contributed by atoms with E-state index < -0.39 is 28.7 Å². The van der Waals surface area contributed by atoms with E-state index in [0.717, 1.165) is 17.8 Å². The van der Waals surface area contributed by atoms with Crippen LogP contribution in [0.5, 0.6) is 0 Å². The van der Waals surface area contributed by atoms with Crippen molar-refractivity contribution < 1.29 is 19.5 Å². The largest absolute Gasteiger partial charge is 0.480 e. The number of rotatable bonds is 10. The molecule has 0 aliphatic heterocycles. The number of nitrogens with zero attached hydrogens (tertiary/aromatic N) is 2. The van der Waals surface area contributed by atoms with Crippen LogP contribution < -0.4 is 10.6 Å². The first-order valence-electron chi connectivity index (χ1n) is 11.1. The van der Waals surface area contributed by atoms with Gasteiger partial charge in [0.15, 0.2) is 0 Å². The molecule has 10 heteroatoms. The lowest BCUT2D eigenvalue weighted by molar-refractivity contribution is -0.143. The van der Waals surface area contributed by atoms with Crippen LogP contribution in [0.3, 0.4) is 0 Å². The van der Waals surface area contributed by atoms with Crippen molar-refractivity contribution in [1.29, 1.82) is 0 Å². The van der Waals surface area contributed by atoms with E-state index in [1.165, 1.54) is 11.3 Å². The van der Waals surface area contributed by atoms with Gasteiger partial charge in [-0.1, -0.05) is 32.8 Å². The van der Waals surface area contributed by atoms with Crippen molar-refractivity contribution in [2.45, 2.75) is 69.2 Å². The van der Waals surface area contributed by atoms with Crippen LogP contribution in [0.4, 0.5) is 0 Å². The maximum absolute atomic E-state index is 13.2. The summed E-state index contributed by atoms with van der Waals surface area (Å²) in [6, 6.07) is 2.44. The topological polar surface area (TPSA) is 121 Å². The molecule has 33 heavy (non-hydrogen) atoms. The number of thiol groups is 1. The molecular weight excluding hydrogens is 460 g/mol. The molecule has 0 aromatic carbocycles. The van der Waals surface area contributed by atoms with Crippen molar-refractivity contribution in [3.63, 3.8) is 0 Å². The van der Waals surface area contributed by atoms with E-state index in [4.69, 9.17) is 0 Å². The van der Waals surface area contributed by atoms with Crippen molar-refractivity contribution in [3.05, 3.63) is 35.5 Å². The lowest BCUT2D eigenvalue weighted by atomic mass is 9.94. The van der Waals surface area contributed by atoms with E-state index in [1.54, 1.807) is 24.5 Å². The van der Waals surface area contributed by atoms with Crippen molar-refractivity contribution in [2.75, 3.05) is 0 Å². The van der Waals surface area contributed by atoms with Gasteiger partial charge in [-0.2, -0.15) is 12.6 Å². The Morgan fingerprint density at radius 1 is 1.21 bits per heavy atom. The molecule has 2 atom stereocenters. The third kappa shape index (κ3) is 6.54. The van der Waals surface area contributed by atoms with Crippen LogP contribution in [0.2, 0.25) is 0 Å². The fourth-order valence-electron chi connectivity index (χ4n) is 4.01. The number of hydrogen-bond donors (Lipinski definition) is 4. The van der Waals surface area contributed by atoms with Crippen molar-refractivity contribution in [1.82, 2.24) is 20.6 Å². The molecule has 8 nitrogen and oxygen atoms in total. The molecule has 1 aliphatic rings. The number of amides is 2. The Balaban J connectivity index is 1.68.